The Morgan fingerprint density at radius 2 is 1.69 bits per heavy atom. The van der Waals surface area contributed by atoms with Gasteiger partial charge in [0.2, 0.25) is 15.5 Å². The molecule has 0 atom stereocenters. The Labute approximate surface area is 189 Å². The van der Waals surface area contributed by atoms with Crippen LogP contribution in [-0.2, 0) is 10.0 Å². The van der Waals surface area contributed by atoms with Gasteiger partial charge in [-0.2, -0.15) is 0 Å². The number of benzene rings is 2. The molecule has 0 bridgehead atoms. The highest BCUT2D eigenvalue weighted by atomic mass is 32.2. The van der Waals surface area contributed by atoms with E-state index in [0.717, 1.165) is 37.9 Å². The van der Waals surface area contributed by atoms with Crippen molar-refractivity contribution in [3.63, 3.8) is 0 Å². The van der Waals surface area contributed by atoms with E-state index in [1.807, 2.05) is 43.3 Å². The Bertz CT molecular complexity index is 1270. The van der Waals surface area contributed by atoms with Gasteiger partial charge in [-0.05, 0) is 76.1 Å². The lowest BCUT2D eigenvalue weighted by molar-refractivity contribution is 0.322. The van der Waals surface area contributed by atoms with E-state index in [1.165, 1.54) is 0 Å². The van der Waals surface area contributed by atoms with Gasteiger partial charge in [0.15, 0.2) is 0 Å². The Hall–Kier alpha value is -2.38. The van der Waals surface area contributed by atoms with Crippen molar-refractivity contribution >= 4 is 37.6 Å². The SMILES string of the molecule is CCC(C)(C)S(=O)(=O)NC1CCC(CNc2ccc3c(=O)c4ccccc4oc3c2)CC1. The molecular weight excluding hydrogens is 424 g/mol. The average molecular weight is 457 g/mol. The van der Waals surface area contributed by atoms with Crippen molar-refractivity contribution in [2.45, 2.75) is 63.7 Å². The third kappa shape index (κ3) is 4.55. The van der Waals surface area contributed by atoms with Gasteiger partial charge in [0.1, 0.15) is 11.2 Å². The zero-order valence-electron chi connectivity index (χ0n) is 19.0. The predicted octanol–water partition coefficient (Wildman–Crippen LogP) is 5.02. The maximum atomic E-state index is 12.7. The first-order chi connectivity index (χ1) is 15.2. The molecule has 172 valence electrons. The smallest absolute Gasteiger partial charge is 0.217 e. The maximum absolute atomic E-state index is 12.7. The van der Waals surface area contributed by atoms with Crippen LogP contribution in [0.2, 0.25) is 0 Å². The monoisotopic (exact) mass is 456 g/mol. The molecule has 1 saturated carbocycles. The fourth-order valence-electron chi connectivity index (χ4n) is 4.23. The van der Waals surface area contributed by atoms with Gasteiger partial charge in [0.05, 0.1) is 15.5 Å². The number of anilines is 1. The molecule has 0 unspecified atom stereocenters. The summed E-state index contributed by atoms with van der Waals surface area (Å²) in [5.74, 6) is 0.481. The molecule has 4 rings (SSSR count). The molecule has 1 aliphatic carbocycles. The molecule has 1 aromatic heterocycles. The van der Waals surface area contributed by atoms with Gasteiger partial charge < -0.3 is 9.73 Å². The lowest BCUT2D eigenvalue weighted by Crippen LogP contribution is -2.47. The molecule has 3 aromatic rings. The number of hydrogen-bond acceptors (Lipinski definition) is 5. The van der Waals surface area contributed by atoms with E-state index in [-0.39, 0.29) is 11.5 Å². The molecule has 0 saturated heterocycles. The summed E-state index contributed by atoms with van der Waals surface area (Å²) in [6.45, 7) is 6.27. The van der Waals surface area contributed by atoms with Crippen molar-refractivity contribution in [2.75, 3.05) is 11.9 Å². The molecular formula is C25H32N2O4S. The Morgan fingerprint density at radius 3 is 2.41 bits per heavy atom. The first-order valence-electron chi connectivity index (χ1n) is 11.4. The predicted molar refractivity (Wildman–Crippen MR) is 131 cm³/mol. The van der Waals surface area contributed by atoms with Gasteiger partial charge in [-0.3, -0.25) is 4.79 Å². The van der Waals surface area contributed by atoms with Crippen molar-refractivity contribution in [2.24, 2.45) is 5.92 Å². The van der Waals surface area contributed by atoms with Crippen molar-refractivity contribution < 1.29 is 12.8 Å². The number of rotatable bonds is 7. The van der Waals surface area contributed by atoms with Crippen LogP contribution in [0, 0.1) is 5.92 Å². The normalized spacial score (nSPS) is 20.0. The minimum Gasteiger partial charge on any atom is -0.456 e. The van der Waals surface area contributed by atoms with Crippen LogP contribution >= 0.6 is 0 Å². The molecule has 7 heteroatoms. The molecule has 0 amide bonds. The third-order valence-corrected chi connectivity index (χ3v) is 9.31. The first kappa shape index (κ1) is 22.8. The van der Waals surface area contributed by atoms with Gasteiger partial charge in [0, 0.05) is 24.3 Å². The number of sulfonamides is 1. The molecule has 1 fully saturated rings. The number of para-hydroxylation sites is 1. The van der Waals surface area contributed by atoms with Crippen molar-refractivity contribution in [1.82, 2.24) is 4.72 Å². The molecule has 0 aliphatic heterocycles. The fourth-order valence-corrected chi connectivity index (χ4v) is 5.60. The molecule has 1 aliphatic rings. The van der Waals surface area contributed by atoms with E-state index in [1.54, 1.807) is 19.9 Å². The Kier molecular flexibility index (Phi) is 6.32. The zero-order valence-corrected chi connectivity index (χ0v) is 19.8. The summed E-state index contributed by atoms with van der Waals surface area (Å²) >= 11 is 0. The minimum atomic E-state index is -3.32. The van der Waals surface area contributed by atoms with Gasteiger partial charge >= 0.3 is 0 Å². The molecule has 32 heavy (non-hydrogen) atoms. The van der Waals surface area contributed by atoms with Crippen LogP contribution < -0.4 is 15.5 Å². The largest absolute Gasteiger partial charge is 0.456 e. The molecule has 6 nitrogen and oxygen atoms in total. The standard InChI is InChI=1S/C25H32N2O4S/c1-4-25(2,3)32(29,30)27-18-11-9-17(10-12-18)16-26-19-13-14-21-23(15-19)31-22-8-6-5-7-20(22)24(21)28/h5-8,13-15,17-18,26-27H,4,9-12,16H2,1-3H3. The van der Waals surface area contributed by atoms with Gasteiger partial charge in [-0.1, -0.05) is 19.1 Å². The molecule has 2 aromatic carbocycles. The van der Waals surface area contributed by atoms with E-state index in [4.69, 9.17) is 4.42 Å². The van der Waals surface area contributed by atoms with E-state index >= 15 is 0 Å². The highest BCUT2D eigenvalue weighted by molar-refractivity contribution is 7.90. The Morgan fingerprint density at radius 1 is 1.00 bits per heavy atom. The van der Waals surface area contributed by atoms with Crippen LogP contribution in [0.1, 0.15) is 52.9 Å². The summed E-state index contributed by atoms with van der Waals surface area (Å²) in [6, 6.07) is 12.9. The van der Waals surface area contributed by atoms with Crippen LogP contribution in [0.4, 0.5) is 5.69 Å². The van der Waals surface area contributed by atoms with Gasteiger partial charge in [0.25, 0.3) is 0 Å². The molecule has 2 N–H and O–H groups in total. The van der Waals surface area contributed by atoms with E-state index in [2.05, 4.69) is 10.0 Å². The lowest BCUT2D eigenvalue weighted by atomic mass is 9.86. The highest BCUT2D eigenvalue weighted by Gasteiger charge is 2.35. The quantitative estimate of drug-likeness (QED) is 0.487. The van der Waals surface area contributed by atoms with E-state index < -0.39 is 14.8 Å². The van der Waals surface area contributed by atoms with Gasteiger partial charge in [-0.25, -0.2) is 13.1 Å². The minimum absolute atomic E-state index is 0.0135. The number of fused-ring (bicyclic) bond motifs is 2. The number of hydrogen-bond donors (Lipinski definition) is 2. The zero-order chi connectivity index (χ0) is 22.9. The van der Waals surface area contributed by atoms with Crippen LogP contribution in [0.5, 0.6) is 0 Å². The maximum Gasteiger partial charge on any atom is 0.217 e. The van der Waals surface area contributed by atoms with Crippen LogP contribution in [0.25, 0.3) is 21.9 Å². The summed E-state index contributed by atoms with van der Waals surface area (Å²) in [6.07, 6.45) is 4.23. The summed E-state index contributed by atoms with van der Waals surface area (Å²) in [5, 5.41) is 4.64. The fraction of sp³-hybridized carbons (Fsp3) is 0.480. The second kappa shape index (κ2) is 8.87. The van der Waals surface area contributed by atoms with Crippen molar-refractivity contribution in [3.8, 4) is 0 Å². The van der Waals surface area contributed by atoms with Crippen LogP contribution in [0.15, 0.2) is 51.7 Å². The second-order valence-electron chi connectivity index (χ2n) is 9.47. The topological polar surface area (TPSA) is 88.4 Å². The van der Waals surface area contributed by atoms with Gasteiger partial charge in [-0.15, -0.1) is 0 Å². The molecule has 1 heterocycles. The highest BCUT2D eigenvalue weighted by Crippen LogP contribution is 2.28. The van der Waals surface area contributed by atoms with Crippen LogP contribution in [0.3, 0.4) is 0 Å². The molecule has 0 spiro atoms. The van der Waals surface area contributed by atoms with Crippen molar-refractivity contribution in [3.05, 3.63) is 52.7 Å². The second-order valence-corrected chi connectivity index (χ2v) is 11.8. The van der Waals surface area contributed by atoms with E-state index in [0.29, 0.717) is 34.3 Å². The summed E-state index contributed by atoms with van der Waals surface area (Å²) in [7, 11) is -3.32. The first-order valence-corrected chi connectivity index (χ1v) is 12.9. The van der Waals surface area contributed by atoms with E-state index in [9.17, 15) is 13.2 Å². The van der Waals surface area contributed by atoms with Crippen LogP contribution in [-0.4, -0.2) is 25.8 Å². The molecule has 0 radical (unpaired) electrons. The lowest BCUT2D eigenvalue weighted by Gasteiger charge is -2.32. The third-order valence-electron chi connectivity index (χ3n) is 6.92. The number of nitrogens with one attached hydrogen (secondary N) is 2. The summed E-state index contributed by atoms with van der Waals surface area (Å²) in [5.41, 5.74) is 2.08. The Balaban J connectivity index is 1.37. The average Bonchev–Trinajstić information content (AvgIpc) is 2.78. The summed E-state index contributed by atoms with van der Waals surface area (Å²) in [4.78, 5) is 12.7. The van der Waals surface area contributed by atoms with Crippen molar-refractivity contribution in [1.29, 1.82) is 0 Å². The summed E-state index contributed by atoms with van der Waals surface area (Å²) < 4.78 is 33.3.